The molecule has 29 heavy (non-hydrogen) atoms. The van der Waals surface area contributed by atoms with Gasteiger partial charge in [0.1, 0.15) is 5.75 Å². The monoisotopic (exact) mass is 388 g/mol. The molecule has 0 unspecified atom stereocenters. The van der Waals surface area contributed by atoms with E-state index >= 15 is 0 Å². The third-order valence-electron chi connectivity index (χ3n) is 4.61. The molecule has 0 atom stereocenters. The van der Waals surface area contributed by atoms with Crippen LogP contribution in [0.2, 0.25) is 0 Å². The van der Waals surface area contributed by atoms with Gasteiger partial charge in [-0.05, 0) is 35.2 Å². The summed E-state index contributed by atoms with van der Waals surface area (Å²) in [5.74, 6) is -0.516. The Morgan fingerprint density at radius 3 is 1.86 bits per heavy atom. The third-order valence-corrected chi connectivity index (χ3v) is 4.61. The van der Waals surface area contributed by atoms with Crippen molar-refractivity contribution < 1.29 is 14.3 Å². The van der Waals surface area contributed by atoms with Crippen molar-refractivity contribution in [3.8, 4) is 5.75 Å². The van der Waals surface area contributed by atoms with Crippen LogP contribution in [0.4, 0.5) is 0 Å². The summed E-state index contributed by atoms with van der Waals surface area (Å²) in [7, 11) is 1.62. The highest BCUT2D eigenvalue weighted by Crippen LogP contribution is 2.21. The summed E-state index contributed by atoms with van der Waals surface area (Å²) in [6, 6.07) is 26.4. The van der Waals surface area contributed by atoms with E-state index in [2.05, 4.69) is 10.6 Å². The fraction of sp³-hybridized carbons (Fsp3) is 0.167. The quantitative estimate of drug-likeness (QED) is 0.611. The van der Waals surface area contributed by atoms with Gasteiger partial charge in [-0.3, -0.25) is 9.59 Å². The SMILES string of the molecule is COc1ccc(CCNC(=O)C(=O)NC(c2ccccc2)c2ccccc2)cc1. The van der Waals surface area contributed by atoms with Gasteiger partial charge in [0.05, 0.1) is 13.2 Å². The van der Waals surface area contributed by atoms with Gasteiger partial charge in [0.15, 0.2) is 0 Å². The lowest BCUT2D eigenvalue weighted by Gasteiger charge is -2.19. The van der Waals surface area contributed by atoms with Gasteiger partial charge in [0.2, 0.25) is 0 Å². The summed E-state index contributed by atoms with van der Waals surface area (Å²) in [5.41, 5.74) is 2.88. The first-order valence-corrected chi connectivity index (χ1v) is 9.49. The van der Waals surface area contributed by atoms with Crippen LogP contribution in [0.25, 0.3) is 0 Å². The average molecular weight is 388 g/mol. The van der Waals surface area contributed by atoms with Crippen molar-refractivity contribution in [2.24, 2.45) is 0 Å². The zero-order chi connectivity index (χ0) is 20.5. The van der Waals surface area contributed by atoms with Crippen LogP contribution in [-0.2, 0) is 16.0 Å². The van der Waals surface area contributed by atoms with Crippen LogP contribution >= 0.6 is 0 Å². The molecule has 0 saturated carbocycles. The maximum atomic E-state index is 12.5. The molecule has 0 aromatic heterocycles. The molecule has 5 nitrogen and oxygen atoms in total. The second-order valence-corrected chi connectivity index (χ2v) is 6.58. The van der Waals surface area contributed by atoms with E-state index in [-0.39, 0.29) is 0 Å². The Balaban J connectivity index is 1.59. The maximum Gasteiger partial charge on any atom is 0.310 e. The number of hydrogen-bond donors (Lipinski definition) is 2. The highest BCUT2D eigenvalue weighted by Gasteiger charge is 2.20. The molecule has 0 bridgehead atoms. The Labute approximate surface area is 170 Å². The number of carbonyl (C=O) groups is 2. The number of methoxy groups -OCH3 is 1. The lowest BCUT2D eigenvalue weighted by molar-refractivity contribution is -0.139. The standard InChI is InChI=1S/C24H24N2O3/c1-29-21-14-12-18(13-15-21)16-17-25-23(27)24(28)26-22(19-8-4-2-5-9-19)20-10-6-3-7-11-20/h2-15,22H,16-17H2,1H3,(H,25,27)(H,26,28). The van der Waals surface area contributed by atoms with Crippen LogP contribution in [0, 0.1) is 0 Å². The molecule has 5 heteroatoms. The molecule has 0 aliphatic heterocycles. The Kier molecular flexibility index (Phi) is 7.00. The van der Waals surface area contributed by atoms with Gasteiger partial charge in [-0.25, -0.2) is 0 Å². The van der Waals surface area contributed by atoms with Gasteiger partial charge in [0, 0.05) is 6.54 Å². The molecule has 0 spiro atoms. The van der Waals surface area contributed by atoms with E-state index in [1.807, 2.05) is 84.9 Å². The lowest BCUT2D eigenvalue weighted by Crippen LogP contribution is -2.42. The summed E-state index contributed by atoms with van der Waals surface area (Å²) in [5, 5.41) is 5.53. The number of nitrogens with one attached hydrogen (secondary N) is 2. The Morgan fingerprint density at radius 2 is 1.34 bits per heavy atom. The van der Waals surface area contributed by atoms with Gasteiger partial charge < -0.3 is 15.4 Å². The minimum Gasteiger partial charge on any atom is -0.497 e. The van der Waals surface area contributed by atoms with E-state index in [9.17, 15) is 9.59 Å². The summed E-state index contributed by atoms with van der Waals surface area (Å²) in [6.45, 7) is 0.375. The third kappa shape index (κ3) is 5.69. The number of ether oxygens (including phenoxy) is 1. The number of rotatable bonds is 7. The number of hydrogen-bond acceptors (Lipinski definition) is 3. The number of carbonyl (C=O) groups excluding carboxylic acids is 2. The van der Waals surface area contributed by atoms with Crippen LogP contribution in [0.15, 0.2) is 84.9 Å². The van der Waals surface area contributed by atoms with Crippen molar-refractivity contribution in [2.75, 3.05) is 13.7 Å². The normalized spacial score (nSPS) is 10.4. The predicted octanol–water partition coefficient (Wildman–Crippen LogP) is 3.26. The summed E-state index contributed by atoms with van der Waals surface area (Å²) in [6.07, 6.45) is 0.629. The van der Waals surface area contributed by atoms with E-state index in [1.165, 1.54) is 0 Å². The fourth-order valence-corrected chi connectivity index (χ4v) is 3.04. The van der Waals surface area contributed by atoms with Gasteiger partial charge in [-0.1, -0.05) is 72.8 Å². The molecular weight excluding hydrogens is 364 g/mol. The Bertz CT molecular complexity index is 886. The molecule has 0 heterocycles. The topological polar surface area (TPSA) is 67.4 Å². The van der Waals surface area contributed by atoms with Crippen molar-refractivity contribution in [2.45, 2.75) is 12.5 Å². The maximum absolute atomic E-state index is 12.5. The fourth-order valence-electron chi connectivity index (χ4n) is 3.04. The molecule has 3 aromatic carbocycles. The summed E-state index contributed by atoms with van der Waals surface area (Å²) < 4.78 is 5.13. The van der Waals surface area contributed by atoms with Crippen LogP contribution in [0.5, 0.6) is 5.75 Å². The molecule has 0 fully saturated rings. The van der Waals surface area contributed by atoms with Gasteiger partial charge in [-0.15, -0.1) is 0 Å². The van der Waals surface area contributed by atoms with E-state index < -0.39 is 17.9 Å². The van der Waals surface area contributed by atoms with Gasteiger partial charge >= 0.3 is 11.8 Å². The van der Waals surface area contributed by atoms with Crippen LogP contribution in [0.1, 0.15) is 22.7 Å². The molecule has 0 saturated heterocycles. The first kappa shape index (κ1) is 20.1. The molecule has 3 rings (SSSR count). The van der Waals surface area contributed by atoms with E-state index in [0.717, 1.165) is 22.4 Å². The van der Waals surface area contributed by atoms with Crippen molar-refractivity contribution in [3.63, 3.8) is 0 Å². The molecule has 3 aromatic rings. The minimum absolute atomic E-state index is 0.375. The molecule has 148 valence electrons. The van der Waals surface area contributed by atoms with Crippen LogP contribution < -0.4 is 15.4 Å². The number of benzene rings is 3. The molecule has 2 N–H and O–H groups in total. The first-order chi connectivity index (χ1) is 14.2. The largest absolute Gasteiger partial charge is 0.497 e. The summed E-state index contributed by atoms with van der Waals surface area (Å²) in [4.78, 5) is 24.8. The minimum atomic E-state index is -0.655. The highest BCUT2D eigenvalue weighted by atomic mass is 16.5. The van der Waals surface area contributed by atoms with Crippen LogP contribution in [-0.4, -0.2) is 25.5 Å². The second-order valence-electron chi connectivity index (χ2n) is 6.58. The Hall–Kier alpha value is -3.60. The lowest BCUT2D eigenvalue weighted by atomic mass is 9.99. The van der Waals surface area contributed by atoms with Crippen molar-refractivity contribution in [1.29, 1.82) is 0 Å². The molecule has 2 amide bonds. The molecule has 0 aliphatic carbocycles. The van der Waals surface area contributed by atoms with Crippen molar-refractivity contribution >= 4 is 11.8 Å². The Morgan fingerprint density at radius 1 is 0.793 bits per heavy atom. The zero-order valence-electron chi connectivity index (χ0n) is 16.3. The van der Waals surface area contributed by atoms with E-state index in [1.54, 1.807) is 7.11 Å². The van der Waals surface area contributed by atoms with Gasteiger partial charge in [-0.2, -0.15) is 0 Å². The van der Waals surface area contributed by atoms with Crippen molar-refractivity contribution in [3.05, 3.63) is 102 Å². The zero-order valence-corrected chi connectivity index (χ0v) is 16.3. The van der Waals surface area contributed by atoms with E-state index in [0.29, 0.717) is 13.0 Å². The van der Waals surface area contributed by atoms with Gasteiger partial charge in [0.25, 0.3) is 0 Å². The highest BCUT2D eigenvalue weighted by molar-refractivity contribution is 6.35. The summed E-state index contributed by atoms with van der Waals surface area (Å²) >= 11 is 0. The number of amides is 2. The second kappa shape index (κ2) is 10.1. The van der Waals surface area contributed by atoms with Crippen LogP contribution in [0.3, 0.4) is 0 Å². The first-order valence-electron chi connectivity index (χ1n) is 9.49. The smallest absolute Gasteiger partial charge is 0.310 e. The molecule has 0 radical (unpaired) electrons. The predicted molar refractivity (Wildman–Crippen MR) is 113 cm³/mol. The molecular formula is C24H24N2O3. The van der Waals surface area contributed by atoms with Crippen molar-refractivity contribution in [1.82, 2.24) is 10.6 Å². The average Bonchev–Trinajstić information content (AvgIpc) is 2.79. The molecule has 0 aliphatic rings. The van der Waals surface area contributed by atoms with E-state index in [4.69, 9.17) is 4.74 Å².